The van der Waals surface area contributed by atoms with Gasteiger partial charge in [0.2, 0.25) is 0 Å². The number of thiazole rings is 1. The van der Waals surface area contributed by atoms with Crippen molar-refractivity contribution in [3.63, 3.8) is 0 Å². The van der Waals surface area contributed by atoms with Crippen LogP contribution in [0.25, 0.3) is 0 Å². The Hall–Kier alpha value is -3.41. The first-order valence-corrected chi connectivity index (χ1v) is 12.7. The van der Waals surface area contributed by atoms with Crippen LogP contribution in [0.15, 0.2) is 65.1 Å². The number of anilines is 2. The van der Waals surface area contributed by atoms with Gasteiger partial charge in [0.05, 0.1) is 4.90 Å². The lowest BCUT2D eigenvalue weighted by atomic mass is 10.1. The van der Waals surface area contributed by atoms with E-state index in [1.807, 2.05) is 26.0 Å². The highest BCUT2D eigenvalue weighted by Gasteiger charge is 2.16. The van der Waals surface area contributed by atoms with Crippen LogP contribution in [0.3, 0.4) is 0 Å². The molecule has 2 aromatic carbocycles. The fraction of sp³-hybridized carbons (Fsp3) is 0.136. The minimum atomic E-state index is -3.77. The molecule has 1 amide bonds. The first kappa shape index (κ1) is 23.7. The third-order valence-corrected chi connectivity index (χ3v) is 7.49. The molecule has 12 heteroatoms. The SMILES string of the molecule is Cc1cc(OCn2ccc(C(=O)Nc3ccc(S(=O)(=O)Nc4nccs4)cc3)n2)cc(C)c1Cl. The standard InChI is InChI=1S/C22H20ClN5O4S2/c1-14-11-17(12-15(2)20(14)23)32-13-28-9-7-19(26-28)21(29)25-16-3-5-18(6-4-16)34(30,31)27-22-24-8-10-33-22/h3-12H,13H2,1-2H3,(H,24,27)(H,25,29). The van der Waals surface area contributed by atoms with Crippen molar-refractivity contribution < 1.29 is 17.9 Å². The van der Waals surface area contributed by atoms with Gasteiger partial charge < -0.3 is 10.1 Å². The van der Waals surface area contributed by atoms with E-state index in [2.05, 4.69) is 20.1 Å². The minimum absolute atomic E-state index is 0.0507. The maximum atomic E-state index is 12.5. The lowest BCUT2D eigenvalue weighted by molar-refractivity contribution is 0.102. The Morgan fingerprint density at radius 1 is 1.15 bits per heavy atom. The van der Waals surface area contributed by atoms with Gasteiger partial charge in [-0.1, -0.05) is 11.6 Å². The van der Waals surface area contributed by atoms with E-state index in [-0.39, 0.29) is 22.5 Å². The number of rotatable bonds is 8. The van der Waals surface area contributed by atoms with Crippen molar-refractivity contribution in [3.8, 4) is 5.75 Å². The van der Waals surface area contributed by atoms with Gasteiger partial charge in [0, 0.05) is 28.5 Å². The summed E-state index contributed by atoms with van der Waals surface area (Å²) < 4.78 is 34.5. The van der Waals surface area contributed by atoms with Gasteiger partial charge in [-0.05, 0) is 67.4 Å². The third kappa shape index (κ3) is 5.56. The van der Waals surface area contributed by atoms with Crippen molar-refractivity contribution in [2.24, 2.45) is 0 Å². The lowest BCUT2D eigenvalue weighted by Gasteiger charge is -2.10. The van der Waals surface area contributed by atoms with Gasteiger partial charge in [0.25, 0.3) is 15.9 Å². The summed E-state index contributed by atoms with van der Waals surface area (Å²) in [5, 5.41) is 9.57. The number of ether oxygens (including phenoxy) is 1. The van der Waals surface area contributed by atoms with Gasteiger partial charge in [-0.15, -0.1) is 11.3 Å². The number of carbonyl (C=O) groups excluding carboxylic acids is 1. The fourth-order valence-corrected chi connectivity index (χ4v) is 4.94. The average Bonchev–Trinajstić information content (AvgIpc) is 3.48. The van der Waals surface area contributed by atoms with Crippen molar-refractivity contribution in [1.82, 2.24) is 14.8 Å². The molecule has 0 radical (unpaired) electrons. The van der Waals surface area contributed by atoms with E-state index in [0.29, 0.717) is 16.5 Å². The summed E-state index contributed by atoms with van der Waals surface area (Å²) in [4.78, 5) is 16.5. The molecule has 0 fully saturated rings. The number of sulfonamides is 1. The molecule has 0 aliphatic heterocycles. The maximum absolute atomic E-state index is 12.5. The van der Waals surface area contributed by atoms with E-state index < -0.39 is 15.9 Å². The number of hydrogen-bond donors (Lipinski definition) is 2. The molecule has 0 spiro atoms. The Kier molecular flexibility index (Phi) is 6.87. The third-order valence-electron chi connectivity index (χ3n) is 4.72. The van der Waals surface area contributed by atoms with Gasteiger partial charge in [0.1, 0.15) is 5.75 Å². The quantitative estimate of drug-likeness (QED) is 0.350. The molecule has 176 valence electrons. The van der Waals surface area contributed by atoms with E-state index in [0.717, 1.165) is 11.1 Å². The van der Waals surface area contributed by atoms with Gasteiger partial charge in [-0.25, -0.2) is 18.1 Å². The molecule has 0 aliphatic rings. The van der Waals surface area contributed by atoms with Crippen LogP contribution >= 0.6 is 22.9 Å². The molecule has 0 bridgehead atoms. The molecule has 4 rings (SSSR count). The number of aromatic nitrogens is 3. The first-order valence-electron chi connectivity index (χ1n) is 9.98. The van der Waals surface area contributed by atoms with Crippen LogP contribution in [-0.4, -0.2) is 29.1 Å². The van der Waals surface area contributed by atoms with E-state index in [4.69, 9.17) is 16.3 Å². The average molecular weight is 518 g/mol. The summed E-state index contributed by atoms with van der Waals surface area (Å²) in [7, 11) is -3.77. The Labute approximate surface area is 205 Å². The van der Waals surface area contributed by atoms with Gasteiger partial charge in [-0.2, -0.15) is 5.10 Å². The molecule has 9 nitrogen and oxygen atoms in total. The lowest BCUT2D eigenvalue weighted by Crippen LogP contribution is -2.15. The highest BCUT2D eigenvalue weighted by molar-refractivity contribution is 7.93. The van der Waals surface area contributed by atoms with Crippen LogP contribution in [0.5, 0.6) is 5.75 Å². The number of aryl methyl sites for hydroxylation is 2. The normalized spacial score (nSPS) is 11.3. The van der Waals surface area contributed by atoms with Crippen molar-refractivity contribution in [2.45, 2.75) is 25.5 Å². The van der Waals surface area contributed by atoms with Crippen LogP contribution < -0.4 is 14.8 Å². The molecule has 4 aromatic rings. The second-order valence-electron chi connectivity index (χ2n) is 7.31. The van der Waals surface area contributed by atoms with Gasteiger partial charge in [-0.3, -0.25) is 9.52 Å². The van der Waals surface area contributed by atoms with E-state index in [9.17, 15) is 13.2 Å². The van der Waals surface area contributed by atoms with Crippen LogP contribution in [0.4, 0.5) is 10.8 Å². The smallest absolute Gasteiger partial charge is 0.276 e. The molecular weight excluding hydrogens is 498 g/mol. The van der Waals surface area contributed by atoms with Crippen LogP contribution in [0.1, 0.15) is 21.6 Å². The van der Waals surface area contributed by atoms with Gasteiger partial charge >= 0.3 is 0 Å². The minimum Gasteiger partial charge on any atom is -0.471 e. The Morgan fingerprint density at radius 3 is 2.50 bits per heavy atom. The fourth-order valence-electron chi connectivity index (χ4n) is 3.05. The van der Waals surface area contributed by atoms with Crippen molar-refractivity contribution in [1.29, 1.82) is 0 Å². The Bertz CT molecular complexity index is 1400. The summed E-state index contributed by atoms with van der Waals surface area (Å²) in [5.74, 6) is 0.216. The summed E-state index contributed by atoms with van der Waals surface area (Å²) >= 11 is 7.36. The zero-order valence-electron chi connectivity index (χ0n) is 18.1. The predicted octanol–water partition coefficient (Wildman–Crippen LogP) is 4.70. The van der Waals surface area contributed by atoms with Crippen molar-refractivity contribution in [3.05, 3.63) is 82.1 Å². The van der Waals surface area contributed by atoms with Crippen molar-refractivity contribution in [2.75, 3.05) is 10.0 Å². The molecule has 0 saturated carbocycles. The van der Waals surface area contributed by atoms with Crippen LogP contribution in [0.2, 0.25) is 5.02 Å². The zero-order chi connectivity index (χ0) is 24.3. The number of carbonyl (C=O) groups is 1. The Balaban J connectivity index is 1.36. The summed E-state index contributed by atoms with van der Waals surface area (Å²) in [6.45, 7) is 3.92. The molecule has 0 aliphatic carbocycles. The number of nitrogens with one attached hydrogen (secondary N) is 2. The summed E-state index contributed by atoms with van der Waals surface area (Å²) in [6, 6.07) is 11.0. The van der Waals surface area contributed by atoms with E-state index in [1.54, 1.807) is 17.6 Å². The highest BCUT2D eigenvalue weighted by atomic mass is 35.5. The summed E-state index contributed by atoms with van der Waals surface area (Å²) in [5.41, 5.74) is 2.44. The van der Waals surface area contributed by atoms with Crippen LogP contribution in [-0.2, 0) is 16.8 Å². The van der Waals surface area contributed by atoms with E-state index >= 15 is 0 Å². The topological polar surface area (TPSA) is 115 Å². The molecule has 2 aromatic heterocycles. The number of nitrogens with zero attached hydrogens (tertiary/aromatic N) is 3. The monoisotopic (exact) mass is 517 g/mol. The van der Waals surface area contributed by atoms with Gasteiger partial charge in [0.15, 0.2) is 17.6 Å². The maximum Gasteiger partial charge on any atom is 0.276 e. The number of benzene rings is 2. The molecule has 0 unspecified atom stereocenters. The molecule has 0 saturated heterocycles. The first-order chi connectivity index (χ1) is 16.2. The molecule has 2 heterocycles. The second-order valence-corrected chi connectivity index (χ2v) is 10.3. The van der Waals surface area contributed by atoms with Crippen LogP contribution in [0, 0.1) is 13.8 Å². The number of amides is 1. The number of hydrogen-bond acceptors (Lipinski definition) is 7. The largest absolute Gasteiger partial charge is 0.471 e. The highest BCUT2D eigenvalue weighted by Crippen LogP contribution is 2.26. The second kappa shape index (κ2) is 9.84. The predicted molar refractivity (Wildman–Crippen MR) is 131 cm³/mol. The Morgan fingerprint density at radius 2 is 1.85 bits per heavy atom. The van der Waals surface area contributed by atoms with Crippen molar-refractivity contribution >= 4 is 49.7 Å². The zero-order valence-corrected chi connectivity index (χ0v) is 20.5. The molecular formula is C22H20ClN5O4S2. The summed E-state index contributed by atoms with van der Waals surface area (Å²) in [6.07, 6.45) is 3.14. The molecule has 0 atom stereocenters. The number of halogens is 1. The van der Waals surface area contributed by atoms with E-state index in [1.165, 1.54) is 46.5 Å². The molecule has 2 N–H and O–H groups in total. The molecule has 34 heavy (non-hydrogen) atoms.